The number of aromatic nitrogens is 3. The predicted octanol–water partition coefficient (Wildman–Crippen LogP) is 0.604. The zero-order chi connectivity index (χ0) is 12.8. The molecule has 3 heterocycles. The van der Waals surface area contributed by atoms with Crippen LogP contribution >= 0.6 is 0 Å². The van der Waals surface area contributed by atoms with Crippen molar-refractivity contribution < 1.29 is 8.42 Å². The molecular formula is C11H14N4O2S. The molecule has 0 bridgehead atoms. The summed E-state index contributed by atoms with van der Waals surface area (Å²) < 4.78 is 24.7. The Bertz CT molecular complexity index is 678. The van der Waals surface area contributed by atoms with Gasteiger partial charge in [-0.2, -0.15) is 0 Å². The van der Waals surface area contributed by atoms with Gasteiger partial charge >= 0.3 is 0 Å². The van der Waals surface area contributed by atoms with Crippen molar-refractivity contribution in [1.29, 1.82) is 0 Å². The van der Waals surface area contributed by atoms with Crippen LogP contribution in [0.1, 0.15) is 24.6 Å². The quantitative estimate of drug-likeness (QED) is 0.816. The van der Waals surface area contributed by atoms with Crippen LogP contribution < -0.4 is 5.73 Å². The Labute approximate surface area is 105 Å². The summed E-state index contributed by atoms with van der Waals surface area (Å²) in [5.74, 6) is 1.92. The van der Waals surface area contributed by atoms with Gasteiger partial charge in [-0.1, -0.05) is 6.07 Å². The van der Waals surface area contributed by atoms with Gasteiger partial charge in [0.05, 0.1) is 11.5 Å². The third-order valence-corrected chi connectivity index (χ3v) is 5.12. The third-order valence-electron chi connectivity index (χ3n) is 3.40. The highest BCUT2D eigenvalue weighted by molar-refractivity contribution is 7.91. The van der Waals surface area contributed by atoms with E-state index in [1.807, 2.05) is 16.5 Å². The van der Waals surface area contributed by atoms with Gasteiger partial charge in [0.2, 0.25) is 0 Å². The van der Waals surface area contributed by atoms with E-state index in [2.05, 4.69) is 10.2 Å². The summed E-state index contributed by atoms with van der Waals surface area (Å²) in [6.07, 6.45) is 1.19. The Morgan fingerprint density at radius 2 is 1.94 bits per heavy atom. The van der Waals surface area contributed by atoms with Gasteiger partial charge in [0.1, 0.15) is 21.5 Å². The lowest BCUT2D eigenvalue weighted by Crippen LogP contribution is -2.23. The maximum Gasteiger partial charge on any atom is 0.162 e. The van der Waals surface area contributed by atoms with Crippen molar-refractivity contribution in [2.24, 2.45) is 0 Å². The summed E-state index contributed by atoms with van der Waals surface area (Å²) in [5, 5.41) is 8.24. The van der Waals surface area contributed by atoms with E-state index in [0.29, 0.717) is 24.3 Å². The van der Waals surface area contributed by atoms with Crippen LogP contribution in [0.2, 0.25) is 0 Å². The molecule has 7 heteroatoms. The lowest BCUT2D eigenvalue weighted by atomic mass is 10.0. The number of hydrogen-bond acceptors (Lipinski definition) is 5. The van der Waals surface area contributed by atoms with Crippen LogP contribution in [-0.2, 0) is 9.84 Å². The molecule has 0 atom stereocenters. The Kier molecular flexibility index (Phi) is 2.51. The van der Waals surface area contributed by atoms with Crippen molar-refractivity contribution in [3.8, 4) is 0 Å². The van der Waals surface area contributed by atoms with E-state index in [0.717, 1.165) is 5.82 Å². The highest BCUT2D eigenvalue weighted by Crippen LogP contribution is 2.29. The third kappa shape index (κ3) is 1.84. The zero-order valence-electron chi connectivity index (χ0n) is 9.78. The van der Waals surface area contributed by atoms with E-state index in [4.69, 9.17) is 5.73 Å². The molecule has 0 aliphatic carbocycles. The van der Waals surface area contributed by atoms with E-state index in [1.165, 1.54) is 0 Å². The number of pyridine rings is 1. The fourth-order valence-electron chi connectivity index (χ4n) is 2.40. The topological polar surface area (TPSA) is 90.3 Å². The maximum absolute atomic E-state index is 11.4. The molecule has 0 unspecified atom stereocenters. The number of sulfone groups is 1. The summed E-state index contributed by atoms with van der Waals surface area (Å²) in [7, 11) is -2.86. The van der Waals surface area contributed by atoms with Crippen LogP contribution in [-0.4, -0.2) is 34.5 Å². The predicted molar refractivity (Wildman–Crippen MR) is 68.0 cm³/mol. The van der Waals surface area contributed by atoms with Crippen molar-refractivity contribution in [1.82, 2.24) is 14.6 Å². The zero-order valence-corrected chi connectivity index (χ0v) is 10.6. The Balaban J connectivity index is 2.01. The molecular weight excluding hydrogens is 252 g/mol. The minimum Gasteiger partial charge on any atom is -0.385 e. The Morgan fingerprint density at radius 3 is 2.67 bits per heavy atom. The monoisotopic (exact) mass is 266 g/mol. The molecule has 3 rings (SSSR count). The van der Waals surface area contributed by atoms with Crippen molar-refractivity contribution in [2.75, 3.05) is 17.2 Å². The molecule has 0 saturated carbocycles. The van der Waals surface area contributed by atoms with Gasteiger partial charge in [-0.25, -0.2) is 8.42 Å². The molecule has 1 aliphatic rings. The van der Waals surface area contributed by atoms with E-state index >= 15 is 0 Å². The molecule has 1 aliphatic heterocycles. The van der Waals surface area contributed by atoms with Crippen molar-refractivity contribution in [3.05, 3.63) is 24.0 Å². The van der Waals surface area contributed by atoms with Crippen molar-refractivity contribution in [3.63, 3.8) is 0 Å². The van der Waals surface area contributed by atoms with E-state index in [-0.39, 0.29) is 17.4 Å². The molecule has 96 valence electrons. The second-order valence-corrected chi connectivity index (χ2v) is 6.93. The standard InChI is InChI=1S/C11H14N4O2S/c12-9-2-1-3-10-13-14-11(15(9)10)8-4-6-18(16,17)7-5-8/h1-3,8H,4-7,12H2. The second-order valence-electron chi connectivity index (χ2n) is 4.63. The number of anilines is 1. The number of rotatable bonds is 1. The molecule has 0 aromatic carbocycles. The van der Waals surface area contributed by atoms with Crippen LogP contribution in [0, 0.1) is 0 Å². The first-order valence-electron chi connectivity index (χ1n) is 5.87. The second kappa shape index (κ2) is 3.94. The average Bonchev–Trinajstić information content (AvgIpc) is 2.74. The van der Waals surface area contributed by atoms with Gasteiger partial charge in [0, 0.05) is 5.92 Å². The molecule has 0 radical (unpaired) electrons. The van der Waals surface area contributed by atoms with Crippen molar-refractivity contribution >= 4 is 21.3 Å². The molecule has 2 aromatic rings. The lowest BCUT2D eigenvalue weighted by Gasteiger charge is -2.20. The summed E-state index contributed by atoms with van der Waals surface area (Å²) in [6, 6.07) is 5.46. The Morgan fingerprint density at radius 1 is 1.22 bits per heavy atom. The minimum atomic E-state index is -2.86. The normalized spacial score (nSPS) is 20.2. The molecule has 2 aromatic heterocycles. The molecule has 2 N–H and O–H groups in total. The fourth-order valence-corrected chi connectivity index (χ4v) is 3.89. The smallest absolute Gasteiger partial charge is 0.162 e. The van der Waals surface area contributed by atoms with Crippen LogP contribution in [0.15, 0.2) is 18.2 Å². The minimum absolute atomic E-state index is 0.119. The van der Waals surface area contributed by atoms with Crippen molar-refractivity contribution in [2.45, 2.75) is 18.8 Å². The van der Waals surface area contributed by atoms with E-state index in [1.54, 1.807) is 6.07 Å². The molecule has 1 saturated heterocycles. The van der Waals surface area contributed by atoms with Gasteiger partial charge in [0.15, 0.2) is 5.65 Å². The largest absolute Gasteiger partial charge is 0.385 e. The highest BCUT2D eigenvalue weighted by atomic mass is 32.2. The molecule has 0 amide bonds. The van der Waals surface area contributed by atoms with E-state index < -0.39 is 9.84 Å². The van der Waals surface area contributed by atoms with Gasteiger partial charge in [0.25, 0.3) is 0 Å². The van der Waals surface area contributed by atoms with E-state index in [9.17, 15) is 8.42 Å². The molecule has 1 fully saturated rings. The first-order valence-corrected chi connectivity index (χ1v) is 7.69. The first-order chi connectivity index (χ1) is 8.57. The fraction of sp³-hybridized carbons (Fsp3) is 0.455. The van der Waals surface area contributed by atoms with Gasteiger partial charge in [-0.3, -0.25) is 4.40 Å². The lowest BCUT2D eigenvalue weighted by molar-refractivity contribution is 0.535. The maximum atomic E-state index is 11.4. The summed E-state index contributed by atoms with van der Waals surface area (Å²) >= 11 is 0. The SMILES string of the molecule is Nc1cccc2nnc(C3CCS(=O)(=O)CC3)n12. The van der Waals surface area contributed by atoms with Crippen LogP contribution in [0.5, 0.6) is 0 Å². The summed E-state index contributed by atoms with van der Waals surface area (Å²) in [6.45, 7) is 0. The number of nitrogen functional groups attached to an aromatic ring is 1. The Hall–Kier alpha value is -1.63. The van der Waals surface area contributed by atoms with Crippen LogP contribution in [0.25, 0.3) is 5.65 Å². The summed E-state index contributed by atoms with van der Waals surface area (Å²) in [5.41, 5.74) is 6.63. The summed E-state index contributed by atoms with van der Waals surface area (Å²) in [4.78, 5) is 0. The molecule has 6 nitrogen and oxygen atoms in total. The molecule has 18 heavy (non-hydrogen) atoms. The van der Waals surface area contributed by atoms with Crippen LogP contribution in [0.3, 0.4) is 0 Å². The van der Waals surface area contributed by atoms with Gasteiger partial charge in [-0.05, 0) is 25.0 Å². The highest BCUT2D eigenvalue weighted by Gasteiger charge is 2.28. The average molecular weight is 266 g/mol. The number of nitrogens with zero attached hydrogens (tertiary/aromatic N) is 3. The number of fused-ring (bicyclic) bond motifs is 1. The molecule has 0 spiro atoms. The first kappa shape index (κ1) is 11.5. The van der Waals surface area contributed by atoms with Crippen LogP contribution in [0.4, 0.5) is 5.82 Å². The van der Waals surface area contributed by atoms with Gasteiger partial charge < -0.3 is 5.73 Å². The number of hydrogen-bond donors (Lipinski definition) is 1. The van der Waals surface area contributed by atoms with Gasteiger partial charge in [-0.15, -0.1) is 10.2 Å². The number of nitrogens with two attached hydrogens (primary N) is 1.